The zero-order valence-electron chi connectivity index (χ0n) is 9.80. The van der Waals surface area contributed by atoms with Crippen LogP contribution < -0.4 is 9.92 Å². The summed E-state index contributed by atoms with van der Waals surface area (Å²) in [6.45, 7) is 0. The Bertz CT molecular complexity index is 537. The highest BCUT2D eigenvalue weighted by Crippen LogP contribution is 2.24. The lowest BCUT2D eigenvalue weighted by molar-refractivity contribution is 0.0826. The first-order valence-corrected chi connectivity index (χ1v) is 6.53. The van der Waals surface area contributed by atoms with E-state index in [0.29, 0.717) is 5.69 Å². The minimum Gasteiger partial charge on any atom is -0.399 e. The number of nitrogens with zero attached hydrogens (tertiary/aromatic N) is 1. The molecule has 7 heteroatoms. The molecular weight excluding hydrogens is 244 g/mol. The van der Waals surface area contributed by atoms with Crippen LogP contribution in [-0.4, -0.2) is 39.6 Å². The van der Waals surface area contributed by atoms with Gasteiger partial charge in [-0.3, -0.25) is 4.79 Å². The molecule has 0 aliphatic rings. The molecule has 0 aliphatic carbocycles. The second-order valence-corrected chi connectivity index (χ2v) is 5.32. The number of nitrogens with two attached hydrogens (primary N) is 1. The second-order valence-electron chi connectivity index (χ2n) is 3.74. The molecule has 0 aliphatic heterocycles. The molecule has 0 atom stereocenters. The Kier molecular flexibility index (Phi) is 3.62. The maximum Gasteiger partial charge on any atom is 0.306 e. The molecule has 1 rings (SSSR count). The van der Waals surface area contributed by atoms with Gasteiger partial charge in [0.15, 0.2) is 5.75 Å². The van der Waals surface area contributed by atoms with Crippen LogP contribution in [0, 0.1) is 0 Å². The van der Waals surface area contributed by atoms with Crippen LogP contribution in [0.1, 0.15) is 10.4 Å². The van der Waals surface area contributed by atoms with Crippen molar-refractivity contribution in [3.63, 3.8) is 0 Å². The Morgan fingerprint density at radius 3 is 2.41 bits per heavy atom. The molecule has 1 aromatic carbocycles. The van der Waals surface area contributed by atoms with Gasteiger partial charge in [-0.25, -0.2) is 0 Å². The van der Waals surface area contributed by atoms with Gasteiger partial charge < -0.3 is 14.8 Å². The van der Waals surface area contributed by atoms with E-state index in [9.17, 15) is 13.2 Å². The maximum absolute atomic E-state index is 11.8. The highest BCUT2D eigenvalue weighted by molar-refractivity contribution is 7.86. The van der Waals surface area contributed by atoms with Crippen molar-refractivity contribution >= 4 is 21.7 Å². The van der Waals surface area contributed by atoms with E-state index in [2.05, 4.69) is 0 Å². The quantitative estimate of drug-likeness (QED) is 0.622. The molecule has 6 nitrogen and oxygen atoms in total. The summed E-state index contributed by atoms with van der Waals surface area (Å²) in [6.07, 6.45) is 0.903. The molecular formula is C10H14N2O4S. The normalized spacial score (nSPS) is 11.0. The molecule has 0 aromatic heterocycles. The van der Waals surface area contributed by atoms with Crippen molar-refractivity contribution in [2.75, 3.05) is 26.1 Å². The molecule has 0 spiro atoms. The summed E-state index contributed by atoms with van der Waals surface area (Å²) in [5.74, 6) is -0.421. The van der Waals surface area contributed by atoms with Crippen LogP contribution in [0.3, 0.4) is 0 Å². The second kappa shape index (κ2) is 4.62. The van der Waals surface area contributed by atoms with E-state index in [0.717, 1.165) is 6.26 Å². The van der Waals surface area contributed by atoms with E-state index >= 15 is 0 Å². The predicted molar refractivity (Wildman–Crippen MR) is 64.3 cm³/mol. The van der Waals surface area contributed by atoms with Gasteiger partial charge in [-0.2, -0.15) is 8.42 Å². The molecule has 17 heavy (non-hydrogen) atoms. The van der Waals surface area contributed by atoms with E-state index in [1.54, 1.807) is 14.1 Å². The van der Waals surface area contributed by atoms with Crippen molar-refractivity contribution in [3.8, 4) is 5.75 Å². The van der Waals surface area contributed by atoms with Gasteiger partial charge in [0, 0.05) is 25.8 Å². The van der Waals surface area contributed by atoms with Crippen LogP contribution in [0.25, 0.3) is 0 Å². The van der Waals surface area contributed by atoms with Crippen LogP contribution in [-0.2, 0) is 10.1 Å². The SMILES string of the molecule is CN(C)C(=O)c1ccc(N)cc1OS(C)(=O)=O. The van der Waals surface area contributed by atoms with Crippen LogP contribution in [0.15, 0.2) is 18.2 Å². The van der Waals surface area contributed by atoms with Crippen molar-refractivity contribution in [3.05, 3.63) is 23.8 Å². The fraction of sp³-hybridized carbons (Fsp3) is 0.300. The molecule has 0 radical (unpaired) electrons. The maximum atomic E-state index is 11.8. The van der Waals surface area contributed by atoms with Gasteiger partial charge in [-0.1, -0.05) is 0 Å². The van der Waals surface area contributed by atoms with Gasteiger partial charge >= 0.3 is 10.1 Å². The molecule has 1 aromatic rings. The number of benzene rings is 1. The number of carbonyl (C=O) groups is 1. The van der Waals surface area contributed by atoms with Crippen LogP contribution in [0.4, 0.5) is 5.69 Å². The van der Waals surface area contributed by atoms with Crippen molar-refractivity contribution in [2.45, 2.75) is 0 Å². The first kappa shape index (κ1) is 13.3. The minimum atomic E-state index is -3.70. The number of nitrogen functional groups attached to an aromatic ring is 1. The number of hydrogen-bond donors (Lipinski definition) is 1. The molecule has 0 bridgehead atoms. The summed E-state index contributed by atoms with van der Waals surface area (Å²) in [7, 11) is -0.585. The van der Waals surface area contributed by atoms with Crippen LogP contribution in [0.5, 0.6) is 5.75 Å². The lowest BCUT2D eigenvalue weighted by atomic mass is 10.1. The average Bonchev–Trinajstić information content (AvgIpc) is 2.14. The lowest BCUT2D eigenvalue weighted by Crippen LogP contribution is -2.23. The molecule has 0 saturated carbocycles. The summed E-state index contributed by atoms with van der Waals surface area (Å²) in [4.78, 5) is 13.1. The van der Waals surface area contributed by atoms with Crippen molar-refractivity contribution < 1.29 is 17.4 Å². The summed E-state index contributed by atoms with van der Waals surface area (Å²) in [6, 6.07) is 4.24. The summed E-state index contributed by atoms with van der Waals surface area (Å²) >= 11 is 0. The van der Waals surface area contributed by atoms with Crippen molar-refractivity contribution in [1.82, 2.24) is 4.90 Å². The van der Waals surface area contributed by atoms with Crippen molar-refractivity contribution in [2.24, 2.45) is 0 Å². The molecule has 0 saturated heterocycles. The highest BCUT2D eigenvalue weighted by atomic mass is 32.2. The molecule has 2 N–H and O–H groups in total. The largest absolute Gasteiger partial charge is 0.399 e. The van der Waals surface area contributed by atoms with E-state index in [-0.39, 0.29) is 17.2 Å². The number of rotatable bonds is 3. The standard InChI is InChI=1S/C10H14N2O4S/c1-12(2)10(13)8-5-4-7(11)6-9(8)16-17(3,14)15/h4-6H,11H2,1-3H3. The third-order valence-corrected chi connectivity index (χ3v) is 2.37. The van der Waals surface area contributed by atoms with E-state index in [4.69, 9.17) is 9.92 Å². The Morgan fingerprint density at radius 2 is 1.94 bits per heavy atom. The van der Waals surface area contributed by atoms with Gasteiger partial charge in [-0.05, 0) is 12.1 Å². The predicted octanol–water partition coefficient (Wildman–Crippen LogP) is 0.309. The average molecular weight is 258 g/mol. The molecule has 0 heterocycles. The molecule has 94 valence electrons. The molecule has 0 fully saturated rings. The van der Waals surface area contributed by atoms with E-state index < -0.39 is 10.1 Å². The Morgan fingerprint density at radius 1 is 1.35 bits per heavy atom. The van der Waals surface area contributed by atoms with Gasteiger partial charge in [-0.15, -0.1) is 0 Å². The fourth-order valence-electron chi connectivity index (χ4n) is 1.19. The minimum absolute atomic E-state index is 0.0637. The smallest absolute Gasteiger partial charge is 0.306 e. The van der Waals surface area contributed by atoms with Crippen LogP contribution >= 0.6 is 0 Å². The number of amides is 1. The zero-order valence-corrected chi connectivity index (χ0v) is 10.6. The summed E-state index contributed by atoms with van der Waals surface area (Å²) < 4.78 is 26.9. The summed E-state index contributed by atoms with van der Waals surface area (Å²) in [5.41, 5.74) is 5.99. The highest BCUT2D eigenvalue weighted by Gasteiger charge is 2.17. The van der Waals surface area contributed by atoms with Crippen molar-refractivity contribution in [1.29, 1.82) is 0 Å². The Balaban J connectivity index is 3.26. The van der Waals surface area contributed by atoms with Gasteiger partial charge in [0.1, 0.15) is 0 Å². The van der Waals surface area contributed by atoms with E-state index in [1.807, 2.05) is 0 Å². The molecule has 0 unspecified atom stereocenters. The fourth-order valence-corrected chi connectivity index (χ4v) is 1.65. The zero-order chi connectivity index (χ0) is 13.2. The molecule has 1 amide bonds. The van der Waals surface area contributed by atoms with Gasteiger partial charge in [0.25, 0.3) is 5.91 Å². The monoisotopic (exact) mass is 258 g/mol. The summed E-state index contributed by atoms with van der Waals surface area (Å²) in [5, 5.41) is 0. The van der Waals surface area contributed by atoms with Gasteiger partial charge in [0.2, 0.25) is 0 Å². The van der Waals surface area contributed by atoms with E-state index in [1.165, 1.54) is 23.1 Å². The van der Waals surface area contributed by atoms with Crippen LogP contribution in [0.2, 0.25) is 0 Å². The first-order valence-electron chi connectivity index (χ1n) is 4.71. The third-order valence-electron chi connectivity index (χ3n) is 1.88. The first-order chi connectivity index (χ1) is 7.70. The Labute approximate surface area is 100 Å². The third kappa shape index (κ3) is 3.63. The van der Waals surface area contributed by atoms with Gasteiger partial charge in [0.05, 0.1) is 11.8 Å². The number of hydrogen-bond acceptors (Lipinski definition) is 5. The Hall–Kier alpha value is -1.76. The lowest BCUT2D eigenvalue weighted by Gasteiger charge is -2.14. The number of carbonyl (C=O) groups excluding carboxylic acids is 1. The topological polar surface area (TPSA) is 89.7 Å². The number of anilines is 1.